The van der Waals surface area contributed by atoms with E-state index in [1.165, 1.54) is 18.4 Å². The van der Waals surface area contributed by atoms with Crippen LogP contribution >= 0.6 is 0 Å². The lowest BCUT2D eigenvalue weighted by Crippen LogP contribution is -2.37. The molecule has 3 rings (SSSR count). The molecular weight excluding hydrogens is 224 g/mol. The zero-order valence-electron chi connectivity index (χ0n) is 11.5. The van der Waals surface area contributed by atoms with E-state index in [4.69, 9.17) is 0 Å². The third kappa shape index (κ3) is 1.50. The average molecular weight is 248 g/mol. The number of aliphatic carboxylic acids is 1. The van der Waals surface area contributed by atoms with Crippen LogP contribution < -0.4 is 0 Å². The highest BCUT2D eigenvalue weighted by atomic mass is 16.4. The van der Waals surface area contributed by atoms with Crippen molar-refractivity contribution in [1.29, 1.82) is 0 Å². The second kappa shape index (κ2) is 4.11. The lowest BCUT2D eigenvalue weighted by Gasteiger charge is -2.35. The fourth-order valence-electron chi connectivity index (χ4n) is 5.19. The highest BCUT2D eigenvalue weighted by Crippen LogP contribution is 2.68. The number of fused-ring (bicyclic) bond motifs is 5. The van der Waals surface area contributed by atoms with Crippen molar-refractivity contribution in [3.05, 3.63) is 11.6 Å². The van der Waals surface area contributed by atoms with Crippen LogP contribution in [-0.2, 0) is 4.79 Å². The maximum atomic E-state index is 11.8. The first-order chi connectivity index (χ1) is 8.58. The summed E-state index contributed by atoms with van der Waals surface area (Å²) in [6, 6.07) is 0. The van der Waals surface area contributed by atoms with Crippen molar-refractivity contribution in [3.63, 3.8) is 0 Å². The summed E-state index contributed by atoms with van der Waals surface area (Å²) in [5.74, 6) is 1.90. The van der Waals surface area contributed by atoms with Gasteiger partial charge < -0.3 is 5.11 Å². The van der Waals surface area contributed by atoms with Gasteiger partial charge >= 0.3 is 5.97 Å². The normalized spacial score (nSPS) is 46.4. The highest BCUT2D eigenvalue weighted by molar-refractivity contribution is 5.76. The Balaban J connectivity index is 1.91. The molecule has 3 saturated carbocycles. The molecule has 5 unspecified atom stereocenters. The molecule has 0 aromatic carbocycles. The minimum atomic E-state index is -0.507. The molecule has 100 valence electrons. The largest absolute Gasteiger partial charge is 0.481 e. The number of hydrogen-bond acceptors (Lipinski definition) is 1. The molecule has 3 aliphatic rings. The first-order valence-electron chi connectivity index (χ1n) is 7.49. The Bertz CT molecular complexity index is 398. The summed E-state index contributed by atoms with van der Waals surface area (Å²) >= 11 is 0. The monoisotopic (exact) mass is 248 g/mol. The Labute approximate surface area is 109 Å². The van der Waals surface area contributed by atoms with Gasteiger partial charge in [0, 0.05) is 0 Å². The molecule has 3 aliphatic carbocycles. The van der Waals surface area contributed by atoms with Crippen LogP contribution in [0.2, 0.25) is 0 Å². The van der Waals surface area contributed by atoms with E-state index in [-0.39, 0.29) is 5.41 Å². The zero-order valence-corrected chi connectivity index (χ0v) is 11.5. The second-order valence-electron chi connectivity index (χ2n) is 6.77. The van der Waals surface area contributed by atoms with E-state index in [9.17, 15) is 9.90 Å². The summed E-state index contributed by atoms with van der Waals surface area (Å²) in [6.07, 6.45) is 9.04. The number of allylic oxidation sites excluding steroid dienone is 2. The smallest absolute Gasteiger partial charge is 0.309 e. The van der Waals surface area contributed by atoms with Gasteiger partial charge in [0.25, 0.3) is 0 Å². The number of rotatable bonds is 3. The topological polar surface area (TPSA) is 37.3 Å². The van der Waals surface area contributed by atoms with Crippen LogP contribution in [0.1, 0.15) is 52.4 Å². The molecule has 0 radical (unpaired) electrons. The maximum Gasteiger partial charge on any atom is 0.309 e. The van der Waals surface area contributed by atoms with Crippen molar-refractivity contribution in [2.75, 3.05) is 0 Å². The van der Waals surface area contributed by atoms with E-state index < -0.39 is 5.97 Å². The summed E-state index contributed by atoms with van der Waals surface area (Å²) < 4.78 is 0. The summed E-state index contributed by atoms with van der Waals surface area (Å²) in [4.78, 5) is 11.8. The molecule has 2 heteroatoms. The van der Waals surface area contributed by atoms with E-state index in [0.717, 1.165) is 25.7 Å². The molecule has 3 fully saturated rings. The molecule has 0 aromatic heterocycles. The molecule has 0 aliphatic heterocycles. The van der Waals surface area contributed by atoms with Crippen LogP contribution in [0.5, 0.6) is 0 Å². The van der Waals surface area contributed by atoms with Crippen molar-refractivity contribution in [2.24, 2.45) is 29.1 Å². The lowest BCUT2D eigenvalue weighted by atomic mass is 9.68. The Morgan fingerprint density at radius 1 is 1.33 bits per heavy atom. The molecule has 2 nitrogen and oxygen atoms in total. The van der Waals surface area contributed by atoms with Gasteiger partial charge in [-0.3, -0.25) is 4.79 Å². The van der Waals surface area contributed by atoms with E-state index in [1.54, 1.807) is 0 Å². The molecule has 0 saturated heterocycles. The van der Waals surface area contributed by atoms with Crippen molar-refractivity contribution in [2.45, 2.75) is 52.4 Å². The molecule has 0 spiro atoms. The van der Waals surface area contributed by atoms with Crippen LogP contribution in [-0.4, -0.2) is 11.1 Å². The Hall–Kier alpha value is -0.790. The van der Waals surface area contributed by atoms with Crippen molar-refractivity contribution >= 4 is 5.97 Å². The number of carbonyl (C=O) groups is 1. The fraction of sp³-hybridized carbons (Fsp3) is 0.812. The Morgan fingerprint density at radius 2 is 2.11 bits per heavy atom. The van der Waals surface area contributed by atoms with Crippen LogP contribution in [0.3, 0.4) is 0 Å². The third-order valence-electron chi connectivity index (χ3n) is 6.06. The summed E-state index contributed by atoms with van der Waals surface area (Å²) in [7, 11) is 0. The Morgan fingerprint density at radius 3 is 2.78 bits per heavy atom. The predicted octanol–water partition coefficient (Wildman–Crippen LogP) is 3.87. The van der Waals surface area contributed by atoms with Gasteiger partial charge in [-0.05, 0) is 62.7 Å². The minimum Gasteiger partial charge on any atom is -0.481 e. The molecule has 0 aromatic rings. The average Bonchev–Trinajstić information content (AvgIpc) is 2.98. The first-order valence-corrected chi connectivity index (χ1v) is 7.49. The Kier molecular flexibility index (Phi) is 2.80. The van der Waals surface area contributed by atoms with Crippen molar-refractivity contribution in [1.82, 2.24) is 0 Å². The minimum absolute atomic E-state index is 0.360. The second-order valence-corrected chi connectivity index (χ2v) is 6.77. The van der Waals surface area contributed by atoms with E-state index in [2.05, 4.69) is 19.9 Å². The molecule has 0 amide bonds. The maximum absolute atomic E-state index is 11.8. The van der Waals surface area contributed by atoms with E-state index >= 15 is 0 Å². The van der Waals surface area contributed by atoms with Gasteiger partial charge in [-0.1, -0.05) is 25.0 Å². The van der Waals surface area contributed by atoms with Gasteiger partial charge in [-0.2, -0.15) is 0 Å². The number of carboxylic acid groups (broad SMARTS) is 1. The van der Waals surface area contributed by atoms with Gasteiger partial charge in [-0.15, -0.1) is 0 Å². The van der Waals surface area contributed by atoms with Crippen LogP contribution in [0.25, 0.3) is 0 Å². The van der Waals surface area contributed by atoms with Gasteiger partial charge in [0.15, 0.2) is 0 Å². The zero-order chi connectivity index (χ0) is 12.9. The summed E-state index contributed by atoms with van der Waals surface area (Å²) in [5, 5.41) is 9.73. The summed E-state index contributed by atoms with van der Waals surface area (Å²) in [6.45, 7) is 4.37. The molecule has 1 N–H and O–H groups in total. The fourth-order valence-corrected chi connectivity index (χ4v) is 5.19. The van der Waals surface area contributed by atoms with Crippen LogP contribution in [0.4, 0.5) is 0 Å². The first kappa shape index (κ1) is 12.3. The SMILES string of the molecule is CC/C(C)=C\C1CC2(C(=O)O)CC1C1CCCC12. The van der Waals surface area contributed by atoms with Gasteiger partial charge in [0.1, 0.15) is 0 Å². The molecule has 2 bridgehead atoms. The van der Waals surface area contributed by atoms with Crippen molar-refractivity contribution in [3.8, 4) is 0 Å². The van der Waals surface area contributed by atoms with Crippen molar-refractivity contribution < 1.29 is 9.90 Å². The van der Waals surface area contributed by atoms with E-state index in [1.807, 2.05) is 0 Å². The predicted molar refractivity (Wildman–Crippen MR) is 71.2 cm³/mol. The molecule has 0 heterocycles. The molecule has 18 heavy (non-hydrogen) atoms. The molecular formula is C16H24O2. The van der Waals surface area contributed by atoms with Crippen LogP contribution in [0.15, 0.2) is 11.6 Å². The number of carboxylic acids is 1. The molecule has 5 atom stereocenters. The van der Waals surface area contributed by atoms with E-state index in [0.29, 0.717) is 23.7 Å². The standard InChI is InChI=1S/C16H24O2/c1-3-10(2)7-11-8-16(15(17)18)9-13(11)12-5-4-6-14(12)16/h7,11-14H,3-6,8-9H2,1-2H3,(H,17,18)/b10-7-. The van der Waals surface area contributed by atoms with Gasteiger partial charge in [0.05, 0.1) is 5.41 Å². The lowest BCUT2D eigenvalue weighted by molar-refractivity contribution is -0.152. The van der Waals surface area contributed by atoms with Gasteiger partial charge in [-0.25, -0.2) is 0 Å². The van der Waals surface area contributed by atoms with Gasteiger partial charge in [0.2, 0.25) is 0 Å². The van der Waals surface area contributed by atoms with Crippen LogP contribution in [0, 0.1) is 29.1 Å². The quantitative estimate of drug-likeness (QED) is 0.770. The third-order valence-corrected chi connectivity index (χ3v) is 6.06. The number of hydrogen-bond donors (Lipinski definition) is 1. The highest BCUT2D eigenvalue weighted by Gasteiger charge is 2.65. The summed E-state index contributed by atoms with van der Waals surface area (Å²) in [5.41, 5.74) is 1.07.